The number of nitrogens with zero attached hydrogens (tertiary/aromatic N) is 3. The van der Waals surface area contributed by atoms with Crippen LogP contribution in [0.15, 0.2) is 23.1 Å². The van der Waals surface area contributed by atoms with Crippen LogP contribution in [-0.4, -0.2) is 47.6 Å². The molecular formula is C23H34N4O3S2. The number of nitrogens with one attached hydrogen (secondary N) is 1. The second-order valence-corrected chi connectivity index (χ2v) is 12.0. The molecule has 176 valence electrons. The van der Waals surface area contributed by atoms with E-state index in [1.165, 1.54) is 12.8 Å². The van der Waals surface area contributed by atoms with Gasteiger partial charge in [-0.2, -0.15) is 8.75 Å². The number of fused-ring (bicyclic) bond motifs is 1. The molecule has 1 amide bonds. The van der Waals surface area contributed by atoms with Crippen LogP contribution in [-0.2, 0) is 14.8 Å². The monoisotopic (exact) mass is 478 g/mol. The number of benzene rings is 1. The molecule has 4 rings (SSSR count). The van der Waals surface area contributed by atoms with Gasteiger partial charge in [0.2, 0.25) is 15.9 Å². The molecule has 32 heavy (non-hydrogen) atoms. The van der Waals surface area contributed by atoms with E-state index in [1.54, 1.807) is 18.2 Å². The first-order valence-corrected chi connectivity index (χ1v) is 14.0. The van der Waals surface area contributed by atoms with Crippen LogP contribution in [0.3, 0.4) is 0 Å². The zero-order valence-electron chi connectivity index (χ0n) is 19.2. The average molecular weight is 479 g/mol. The Balaban J connectivity index is 1.30. The molecule has 0 aliphatic heterocycles. The molecule has 0 spiro atoms. The first-order chi connectivity index (χ1) is 15.3. The lowest BCUT2D eigenvalue weighted by molar-refractivity contribution is -0.139. The third-order valence-corrected chi connectivity index (χ3v) is 9.80. The van der Waals surface area contributed by atoms with E-state index in [0.717, 1.165) is 43.8 Å². The number of rotatable bonds is 6. The molecule has 9 heteroatoms. The van der Waals surface area contributed by atoms with Crippen molar-refractivity contribution in [1.82, 2.24) is 18.4 Å². The van der Waals surface area contributed by atoms with Crippen molar-refractivity contribution in [3.63, 3.8) is 0 Å². The van der Waals surface area contributed by atoms with E-state index in [9.17, 15) is 13.2 Å². The van der Waals surface area contributed by atoms with Crippen LogP contribution in [0.5, 0.6) is 0 Å². The predicted octanol–water partition coefficient (Wildman–Crippen LogP) is 4.06. The van der Waals surface area contributed by atoms with Crippen LogP contribution >= 0.6 is 11.7 Å². The fourth-order valence-electron chi connectivity index (χ4n) is 5.47. The summed E-state index contributed by atoms with van der Waals surface area (Å²) in [6.07, 6.45) is 6.96. The highest BCUT2D eigenvalue weighted by Gasteiger charge is 2.36. The van der Waals surface area contributed by atoms with Gasteiger partial charge in [-0.15, -0.1) is 0 Å². The van der Waals surface area contributed by atoms with Crippen LogP contribution in [0.4, 0.5) is 0 Å². The lowest BCUT2D eigenvalue weighted by Crippen LogP contribution is -2.47. The number of carbonyl (C=O) groups is 1. The normalized spacial score (nSPS) is 29.2. The van der Waals surface area contributed by atoms with E-state index < -0.39 is 10.0 Å². The molecular weight excluding hydrogens is 444 g/mol. The van der Waals surface area contributed by atoms with Crippen molar-refractivity contribution in [2.45, 2.75) is 69.7 Å². The predicted molar refractivity (Wildman–Crippen MR) is 127 cm³/mol. The van der Waals surface area contributed by atoms with Gasteiger partial charge < -0.3 is 4.90 Å². The molecule has 7 nitrogen and oxygen atoms in total. The minimum Gasteiger partial charge on any atom is -0.342 e. The zero-order valence-corrected chi connectivity index (χ0v) is 20.8. The minimum atomic E-state index is -3.65. The van der Waals surface area contributed by atoms with E-state index in [1.807, 2.05) is 11.9 Å². The van der Waals surface area contributed by atoms with Gasteiger partial charge in [0.15, 0.2) is 0 Å². The van der Waals surface area contributed by atoms with Gasteiger partial charge in [-0.1, -0.05) is 32.8 Å². The van der Waals surface area contributed by atoms with Gasteiger partial charge >= 0.3 is 0 Å². The molecule has 3 atom stereocenters. The number of hydrogen-bond acceptors (Lipinski definition) is 6. The Morgan fingerprint density at radius 3 is 2.62 bits per heavy atom. The van der Waals surface area contributed by atoms with Gasteiger partial charge in [-0.05, 0) is 62.0 Å². The van der Waals surface area contributed by atoms with Gasteiger partial charge in [0.25, 0.3) is 0 Å². The van der Waals surface area contributed by atoms with Crippen molar-refractivity contribution in [3.05, 3.63) is 18.2 Å². The first-order valence-electron chi connectivity index (χ1n) is 11.8. The summed E-state index contributed by atoms with van der Waals surface area (Å²) in [4.78, 5) is 15.4. The summed E-state index contributed by atoms with van der Waals surface area (Å²) in [5.41, 5.74) is 1.02. The van der Waals surface area contributed by atoms with E-state index in [-0.39, 0.29) is 22.6 Å². The fraction of sp³-hybridized carbons (Fsp3) is 0.696. The Bertz CT molecular complexity index is 1050. The maximum Gasteiger partial charge on any atom is 0.242 e. The largest absolute Gasteiger partial charge is 0.342 e. The van der Waals surface area contributed by atoms with Crippen LogP contribution in [0.25, 0.3) is 11.0 Å². The molecule has 2 aliphatic carbocycles. The Labute approximate surface area is 195 Å². The van der Waals surface area contributed by atoms with E-state index in [2.05, 4.69) is 27.3 Å². The molecule has 1 N–H and O–H groups in total. The topological polar surface area (TPSA) is 92.3 Å². The van der Waals surface area contributed by atoms with Crippen molar-refractivity contribution < 1.29 is 13.2 Å². The number of carbonyl (C=O) groups excluding carboxylic acids is 1. The smallest absolute Gasteiger partial charge is 0.242 e. The van der Waals surface area contributed by atoms with Crippen LogP contribution in [0.1, 0.15) is 58.8 Å². The quantitative estimate of drug-likeness (QED) is 0.676. The fourth-order valence-corrected chi connectivity index (χ4v) is 7.35. The summed E-state index contributed by atoms with van der Waals surface area (Å²) in [6, 6.07) is 5.38. The summed E-state index contributed by atoms with van der Waals surface area (Å²) in [5, 5.41) is 0. The SMILES string of the molecule is C[C@@H]1[C@H](C)CCC[C@@H]1N(C)C(=O)C1CCC(CNS(=O)(=O)c2cccc3nsnc23)CC1. The maximum atomic E-state index is 13.2. The Morgan fingerprint density at radius 1 is 1.12 bits per heavy atom. The van der Waals surface area contributed by atoms with Gasteiger partial charge in [0.05, 0.1) is 11.7 Å². The third kappa shape index (κ3) is 4.84. The molecule has 1 aromatic heterocycles. The molecule has 0 radical (unpaired) electrons. The lowest BCUT2D eigenvalue weighted by atomic mass is 9.76. The Kier molecular flexibility index (Phi) is 7.17. The van der Waals surface area contributed by atoms with Crippen LogP contribution in [0.2, 0.25) is 0 Å². The number of sulfonamides is 1. The highest BCUT2D eigenvalue weighted by Crippen LogP contribution is 2.35. The standard InChI is InChI=1S/C23H34N4O3S2/c1-15-6-4-8-20(16(15)2)27(3)23(28)18-12-10-17(11-13-18)14-24-32(29,30)21-9-5-7-19-22(21)26-31-25-19/h5,7,9,15-18,20,24H,4,6,8,10-14H2,1-3H3/t15-,16-,17?,18?,20+/m1/s1. The summed E-state index contributed by atoms with van der Waals surface area (Å²) in [6.45, 7) is 4.97. The third-order valence-electron chi connectivity index (χ3n) is 7.81. The van der Waals surface area contributed by atoms with E-state index >= 15 is 0 Å². The second-order valence-electron chi connectivity index (χ2n) is 9.74. The summed E-state index contributed by atoms with van der Waals surface area (Å²) < 4.78 is 36.7. The highest BCUT2D eigenvalue weighted by molar-refractivity contribution is 7.89. The first kappa shape index (κ1) is 23.6. The van der Waals surface area contributed by atoms with Crippen molar-refractivity contribution >= 4 is 38.7 Å². The molecule has 1 aromatic carbocycles. The van der Waals surface area contributed by atoms with Gasteiger partial charge in [0, 0.05) is 25.6 Å². The second kappa shape index (κ2) is 9.73. The number of hydrogen-bond donors (Lipinski definition) is 1. The van der Waals surface area contributed by atoms with Crippen molar-refractivity contribution in [2.75, 3.05) is 13.6 Å². The molecule has 2 aliphatic rings. The van der Waals surface area contributed by atoms with Gasteiger partial charge in [0.1, 0.15) is 15.9 Å². The molecule has 0 bridgehead atoms. The van der Waals surface area contributed by atoms with Crippen molar-refractivity contribution in [2.24, 2.45) is 23.7 Å². The maximum absolute atomic E-state index is 13.2. The molecule has 0 unspecified atom stereocenters. The summed E-state index contributed by atoms with van der Waals surface area (Å²) in [5.74, 6) is 1.80. The molecule has 2 saturated carbocycles. The van der Waals surface area contributed by atoms with Crippen LogP contribution in [0, 0.1) is 23.7 Å². The number of amides is 1. The van der Waals surface area contributed by atoms with Crippen molar-refractivity contribution in [1.29, 1.82) is 0 Å². The van der Waals surface area contributed by atoms with Crippen molar-refractivity contribution in [3.8, 4) is 0 Å². The van der Waals surface area contributed by atoms with Gasteiger partial charge in [-0.3, -0.25) is 4.79 Å². The highest BCUT2D eigenvalue weighted by atomic mass is 32.2. The zero-order chi connectivity index (χ0) is 22.9. The number of aromatic nitrogens is 2. The Morgan fingerprint density at radius 2 is 1.88 bits per heavy atom. The van der Waals surface area contributed by atoms with E-state index in [4.69, 9.17) is 0 Å². The lowest BCUT2D eigenvalue weighted by Gasteiger charge is -2.41. The molecule has 0 saturated heterocycles. The molecule has 2 fully saturated rings. The summed E-state index contributed by atoms with van der Waals surface area (Å²) in [7, 11) is -1.66. The van der Waals surface area contributed by atoms with Gasteiger partial charge in [-0.25, -0.2) is 13.1 Å². The molecule has 1 heterocycles. The van der Waals surface area contributed by atoms with Crippen LogP contribution < -0.4 is 4.72 Å². The van der Waals surface area contributed by atoms with E-state index in [0.29, 0.717) is 35.5 Å². The summed E-state index contributed by atoms with van der Waals surface area (Å²) >= 11 is 1.02. The molecule has 2 aromatic rings. The minimum absolute atomic E-state index is 0.0621. The Hall–Kier alpha value is -1.58. The average Bonchev–Trinajstić information content (AvgIpc) is 3.28.